The lowest BCUT2D eigenvalue weighted by Crippen LogP contribution is -2.18. The number of nitrogens with zero attached hydrogens (tertiary/aromatic N) is 3. The van der Waals surface area contributed by atoms with Crippen LogP contribution in [0.3, 0.4) is 0 Å². The Bertz CT molecular complexity index is 1700. The average molecular weight is 565 g/mol. The SMILES string of the molecule is COc1cc(C2CC(c3ccc(Nc4ccnc5cc(Cl)ccc45)cc3)=NN2c2ccccc2)cc(OC)c1OC. The Kier molecular flexibility index (Phi) is 7.35. The first kappa shape index (κ1) is 26.5. The van der Waals surface area contributed by atoms with Gasteiger partial charge in [-0.05, 0) is 71.8 Å². The molecule has 1 atom stereocenters. The molecule has 1 aliphatic rings. The van der Waals surface area contributed by atoms with Crippen molar-refractivity contribution in [3.63, 3.8) is 0 Å². The molecule has 0 saturated heterocycles. The number of nitrogens with one attached hydrogen (secondary N) is 1. The lowest BCUT2D eigenvalue weighted by atomic mass is 9.97. The van der Waals surface area contributed by atoms with Crippen LogP contribution in [0.15, 0.2) is 102 Å². The summed E-state index contributed by atoms with van der Waals surface area (Å²) in [6.45, 7) is 0. The van der Waals surface area contributed by atoms with Crippen LogP contribution in [0.4, 0.5) is 17.1 Å². The van der Waals surface area contributed by atoms with Crippen molar-refractivity contribution in [1.82, 2.24) is 4.98 Å². The van der Waals surface area contributed by atoms with Gasteiger partial charge in [-0.25, -0.2) is 0 Å². The van der Waals surface area contributed by atoms with E-state index in [0.29, 0.717) is 28.7 Å². The third-order valence-electron chi connectivity index (χ3n) is 7.20. The normalized spacial score (nSPS) is 14.6. The Balaban J connectivity index is 1.31. The molecule has 1 aliphatic heterocycles. The molecule has 4 aromatic carbocycles. The minimum Gasteiger partial charge on any atom is -0.493 e. The molecule has 0 fully saturated rings. The second-order valence-electron chi connectivity index (χ2n) is 9.63. The van der Waals surface area contributed by atoms with Gasteiger partial charge in [0.05, 0.1) is 44.3 Å². The summed E-state index contributed by atoms with van der Waals surface area (Å²) in [5.74, 6) is 1.80. The number of anilines is 3. The van der Waals surface area contributed by atoms with Gasteiger partial charge in [0.15, 0.2) is 11.5 Å². The third-order valence-corrected chi connectivity index (χ3v) is 7.44. The van der Waals surface area contributed by atoms with E-state index in [2.05, 4.69) is 51.7 Å². The van der Waals surface area contributed by atoms with Crippen LogP contribution in [0.1, 0.15) is 23.6 Å². The number of para-hydroxylation sites is 1. The fraction of sp³-hybridized carbons (Fsp3) is 0.152. The van der Waals surface area contributed by atoms with Crippen molar-refractivity contribution in [1.29, 1.82) is 0 Å². The number of hydrogen-bond donors (Lipinski definition) is 1. The summed E-state index contributed by atoms with van der Waals surface area (Å²) in [5, 5.41) is 12.4. The minimum atomic E-state index is -0.0612. The summed E-state index contributed by atoms with van der Waals surface area (Å²) in [7, 11) is 4.87. The largest absolute Gasteiger partial charge is 0.493 e. The van der Waals surface area contributed by atoms with E-state index >= 15 is 0 Å². The van der Waals surface area contributed by atoms with E-state index in [-0.39, 0.29) is 6.04 Å². The van der Waals surface area contributed by atoms with Crippen LogP contribution in [-0.4, -0.2) is 32.0 Å². The highest BCUT2D eigenvalue weighted by atomic mass is 35.5. The Morgan fingerprint density at radius 1 is 0.829 bits per heavy atom. The highest BCUT2D eigenvalue weighted by molar-refractivity contribution is 6.31. The molecule has 2 heterocycles. The van der Waals surface area contributed by atoms with Gasteiger partial charge in [0, 0.05) is 34.4 Å². The molecule has 0 radical (unpaired) electrons. The first-order chi connectivity index (χ1) is 20.1. The summed E-state index contributed by atoms with van der Waals surface area (Å²) in [6.07, 6.45) is 2.49. The average Bonchev–Trinajstić information content (AvgIpc) is 3.46. The topological polar surface area (TPSA) is 68.2 Å². The Morgan fingerprint density at radius 2 is 1.56 bits per heavy atom. The van der Waals surface area contributed by atoms with Gasteiger partial charge < -0.3 is 19.5 Å². The number of halogens is 1. The van der Waals surface area contributed by atoms with E-state index in [1.54, 1.807) is 27.5 Å². The van der Waals surface area contributed by atoms with E-state index < -0.39 is 0 Å². The van der Waals surface area contributed by atoms with Crippen molar-refractivity contribution >= 4 is 45.3 Å². The van der Waals surface area contributed by atoms with Crippen LogP contribution < -0.4 is 24.5 Å². The molecular weight excluding hydrogens is 536 g/mol. The highest BCUT2D eigenvalue weighted by Crippen LogP contribution is 2.44. The molecule has 5 aromatic rings. The van der Waals surface area contributed by atoms with Gasteiger partial charge in [0.1, 0.15) is 0 Å². The number of fused-ring (bicyclic) bond motifs is 1. The highest BCUT2D eigenvalue weighted by Gasteiger charge is 2.31. The molecule has 0 bridgehead atoms. The van der Waals surface area contributed by atoms with Crippen molar-refractivity contribution in [2.24, 2.45) is 5.10 Å². The van der Waals surface area contributed by atoms with Crippen LogP contribution in [0.5, 0.6) is 17.2 Å². The van der Waals surface area contributed by atoms with Crippen molar-refractivity contribution in [2.75, 3.05) is 31.7 Å². The molecule has 41 heavy (non-hydrogen) atoms. The molecule has 206 valence electrons. The first-order valence-corrected chi connectivity index (χ1v) is 13.6. The summed E-state index contributed by atoms with van der Waals surface area (Å²) in [5.41, 5.74) is 6.85. The zero-order chi connectivity index (χ0) is 28.3. The molecule has 0 aliphatic carbocycles. The maximum Gasteiger partial charge on any atom is 0.203 e. The van der Waals surface area contributed by atoms with Crippen molar-refractivity contribution in [3.05, 3.63) is 113 Å². The van der Waals surface area contributed by atoms with E-state index in [0.717, 1.165) is 44.8 Å². The molecule has 0 spiro atoms. The fourth-order valence-corrected chi connectivity index (χ4v) is 5.36. The number of ether oxygens (including phenoxy) is 3. The predicted octanol–water partition coefficient (Wildman–Crippen LogP) is 8.01. The Hall–Kier alpha value is -4.75. The number of methoxy groups -OCH3 is 3. The van der Waals surface area contributed by atoms with E-state index in [1.165, 1.54) is 0 Å². The van der Waals surface area contributed by atoms with Gasteiger partial charge in [0.25, 0.3) is 0 Å². The molecule has 1 aromatic heterocycles. The fourth-order valence-electron chi connectivity index (χ4n) is 5.19. The van der Waals surface area contributed by atoms with Crippen LogP contribution in [-0.2, 0) is 0 Å². The Labute approximate surface area is 244 Å². The standard InChI is InChI=1S/C33H29ClN4O3/c1-39-31-17-22(18-32(40-2)33(31)41-3)30-20-28(37-38(30)25-7-5-4-6-8-25)21-9-12-24(13-10-21)36-27-15-16-35-29-19-23(34)11-14-26(27)29/h4-19,30H,20H2,1-3H3,(H,35,36). The number of benzene rings is 4. The van der Waals surface area contributed by atoms with Crippen LogP contribution >= 0.6 is 11.6 Å². The summed E-state index contributed by atoms with van der Waals surface area (Å²) >= 11 is 6.16. The van der Waals surface area contributed by atoms with Gasteiger partial charge in [-0.2, -0.15) is 5.10 Å². The molecule has 8 heteroatoms. The second-order valence-corrected chi connectivity index (χ2v) is 10.1. The molecule has 1 N–H and O–H groups in total. The minimum absolute atomic E-state index is 0.0612. The molecule has 1 unspecified atom stereocenters. The monoisotopic (exact) mass is 564 g/mol. The van der Waals surface area contributed by atoms with Gasteiger partial charge in [-0.15, -0.1) is 0 Å². The van der Waals surface area contributed by atoms with Gasteiger partial charge >= 0.3 is 0 Å². The molecule has 6 rings (SSSR count). The van der Waals surface area contributed by atoms with E-state index in [1.807, 2.05) is 54.6 Å². The summed E-state index contributed by atoms with van der Waals surface area (Å²) < 4.78 is 16.8. The van der Waals surface area contributed by atoms with Crippen LogP contribution in [0, 0.1) is 0 Å². The lowest BCUT2D eigenvalue weighted by molar-refractivity contribution is 0.323. The first-order valence-electron chi connectivity index (χ1n) is 13.2. The summed E-state index contributed by atoms with van der Waals surface area (Å²) in [6, 6.07) is 30.1. The number of hydrogen-bond acceptors (Lipinski definition) is 7. The third kappa shape index (κ3) is 5.24. The van der Waals surface area contributed by atoms with Gasteiger partial charge in [-0.3, -0.25) is 9.99 Å². The number of pyridine rings is 1. The lowest BCUT2D eigenvalue weighted by Gasteiger charge is -2.25. The maximum atomic E-state index is 6.16. The zero-order valence-corrected chi connectivity index (χ0v) is 23.7. The predicted molar refractivity (Wildman–Crippen MR) is 165 cm³/mol. The second kappa shape index (κ2) is 11.4. The zero-order valence-electron chi connectivity index (χ0n) is 23.0. The number of rotatable bonds is 8. The smallest absolute Gasteiger partial charge is 0.203 e. The maximum absolute atomic E-state index is 6.16. The van der Waals surface area contributed by atoms with E-state index in [4.69, 9.17) is 30.9 Å². The molecular formula is C33H29ClN4O3. The number of aromatic nitrogens is 1. The summed E-state index contributed by atoms with van der Waals surface area (Å²) in [4.78, 5) is 4.44. The van der Waals surface area contributed by atoms with Gasteiger partial charge in [0.2, 0.25) is 5.75 Å². The quantitative estimate of drug-likeness (QED) is 0.206. The van der Waals surface area contributed by atoms with Crippen molar-refractivity contribution in [3.8, 4) is 17.2 Å². The van der Waals surface area contributed by atoms with Crippen molar-refractivity contribution < 1.29 is 14.2 Å². The molecule has 0 saturated carbocycles. The van der Waals surface area contributed by atoms with Crippen molar-refractivity contribution in [2.45, 2.75) is 12.5 Å². The van der Waals surface area contributed by atoms with Gasteiger partial charge in [-0.1, -0.05) is 41.9 Å². The molecule has 0 amide bonds. The van der Waals surface area contributed by atoms with Crippen LogP contribution in [0.2, 0.25) is 5.02 Å². The number of hydrazone groups is 1. The Morgan fingerprint density at radius 3 is 2.24 bits per heavy atom. The molecule has 7 nitrogen and oxygen atoms in total. The van der Waals surface area contributed by atoms with E-state index in [9.17, 15) is 0 Å². The van der Waals surface area contributed by atoms with Crippen LogP contribution in [0.25, 0.3) is 10.9 Å².